The van der Waals surface area contributed by atoms with Gasteiger partial charge in [-0.25, -0.2) is 4.79 Å². The molecule has 0 radical (unpaired) electrons. The standard InChI is InChI=1S/C22H27ClN4O3/c1-30-15-3-10-24-22(25-19-5-2-4-17(16-19)21(28)29)27-13-11-26(12-14-27)20-8-6-18(23)7-9-20/h2,4-9,16H,3,10-15H2,1H3,(H,24,25)(H,28,29). The van der Waals surface area contributed by atoms with Crippen molar-refractivity contribution in [1.29, 1.82) is 0 Å². The van der Waals surface area contributed by atoms with Gasteiger partial charge in [-0.3, -0.25) is 4.99 Å². The van der Waals surface area contributed by atoms with Gasteiger partial charge in [0.25, 0.3) is 0 Å². The highest BCUT2D eigenvalue weighted by molar-refractivity contribution is 6.30. The fourth-order valence-electron chi connectivity index (χ4n) is 3.30. The molecule has 2 aromatic carbocycles. The zero-order valence-electron chi connectivity index (χ0n) is 17.1. The lowest BCUT2D eigenvalue weighted by atomic mass is 10.2. The van der Waals surface area contributed by atoms with E-state index in [-0.39, 0.29) is 5.56 Å². The molecule has 1 aliphatic rings. The predicted octanol–water partition coefficient (Wildman–Crippen LogP) is 3.66. The second-order valence-electron chi connectivity index (χ2n) is 7.01. The summed E-state index contributed by atoms with van der Waals surface area (Å²) in [6.07, 6.45) is 0.821. The number of carboxylic acids is 1. The minimum Gasteiger partial charge on any atom is -0.478 e. The number of aromatic carboxylic acids is 1. The van der Waals surface area contributed by atoms with Crippen molar-refractivity contribution in [2.24, 2.45) is 4.99 Å². The van der Waals surface area contributed by atoms with Crippen molar-refractivity contribution < 1.29 is 14.6 Å². The van der Waals surface area contributed by atoms with Crippen LogP contribution in [0.4, 0.5) is 11.4 Å². The molecular weight excluding hydrogens is 404 g/mol. The quantitative estimate of drug-likeness (QED) is 0.396. The summed E-state index contributed by atoms with van der Waals surface area (Å²) < 4.78 is 5.12. The molecule has 2 aromatic rings. The van der Waals surface area contributed by atoms with Gasteiger partial charge in [0.15, 0.2) is 5.96 Å². The van der Waals surface area contributed by atoms with E-state index in [1.165, 1.54) is 0 Å². The molecule has 0 saturated carbocycles. The van der Waals surface area contributed by atoms with E-state index in [0.29, 0.717) is 18.8 Å². The molecule has 0 atom stereocenters. The van der Waals surface area contributed by atoms with E-state index in [2.05, 4.69) is 15.1 Å². The predicted molar refractivity (Wildman–Crippen MR) is 121 cm³/mol. The first-order chi connectivity index (χ1) is 14.6. The van der Waals surface area contributed by atoms with Crippen LogP contribution in [0.15, 0.2) is 53.5 Å². The van der Waals surface area contributed by atoms with Crippen LogP contribution >= 0.6 is 11.6 Å². The summed E-state index contributed by atoms with van der Waals surface area (Å²) in [7, 11) is 1.68. The van der Waals surface area contributed by atoms with E-state index in [1.807, 2.05) is 30.3 Å². The lowest BCUT2D eigenvalue weighted by Crippen LogP contribution is -2.50. The fraction of sp³-hybridized carbons (Fsp3) is 0.364. The Kier molecular flexibility index (Phi) is 7.93. The molecule has 1 fully saturated rings. The highest BCUT2D eigenvalue weighted by Gasteiger charge is 2.20. The lowest BCUT2D eigenvalue weighted by Gasteiger charge is -2.37. The maximum Gasteiger partial charge on any atom is 0.335 e. The molecule has 7 nitrogen and oxygen atoms in total. The Morgan fingerprint density at radius 2 is 1.90 bits per heavy atom. The Bertz CT molecular complexity index is 865. The van der Waals surface area contributed by atoms with Crippen molar-refractivity contribution in [3.05, 3.63) is 59.1 Å². The summed E-state index contributed by atoms with van der Waals surface area (Å²) in [5.41, 5.74) is 2.10. The van der Waals surface area contributed by atoms with Crippen LogP contribution in [-0.2, 0) is 4.74 Å². The Hall–Kier alpha value is -2.77. The van der Waals surface area contributed by atoms with Gasteiger partial charge in [-0.15, -0.1) is 0 Å². The number of nitrogens with one attached hydrogen (secondary N) is 1. The van der Waals surface area contributed by atoms with Crippen LogP contribution in [0.2, 0.25) is 5.02 Å². The smallest absolute Gasteiger partial charge is 0.335 e. The number of hydrogen-bond donors (Lipinski definition) is 2. The van der Waals surface area contributed by atoms with Gasteiger partial charge >= 0.3 is 5.97 Å². The number of piperazine rings is 1. The molecule has 1 aliphatic heterocycles. The number of ether oxygens (including phenoxy) is 1. The molecule has 2 N–H and O–H groups in total. The molecule has 0 amide bonds. The molecule has 0 bridgehead atoms. The third-order valence-corrected chi connectivity index (χ3v) is 5.16. The van der Waals surface area contributed by atoms with Crippen LogP contribution < -0.4 is 10.2 Å². The van der Waals surface area contributed by atoms with Crippen molar-refractivity contribution in [3.8, 4) is 0 Å². The maximum absolute atomic E-state index is 11.3. The van der Waals surface area contributed by atoms with Crippen molar-refractivity contribution in [3.63, 3.8) is 0 Å². The highest BCUT2D eigenvalue weighted by atomic mass is 35.5. The Morgan fingerprint density at radius 1 is 1.17 bits per heavy atom. The van der Waals surface area contributed by atoms with Crippen molar-refractivity contribution in [1.82, 2.24) is 4.90 Å². The normalized spacial score (nSPS) is 14.7. The number of hydrogen-bond acceptors (Lipinski definition) is 4. The second-order valence-corrected chi connectivity index (χ2v) is 7.45. The number of anilines is 2. The van der Waals surface area contributed by atoms with Crippen molar-refractivity contribution >= 4 is 34.9 Å². The van der Waals surface area contributed by atoms with Crippen LogP contribution in [0.3, 0.4) is 0 Å². The van der Waals surface area contributed by atoms with Gasteiger partial charge < -0.3 is 25.0 Å². The van der Waals surface area contributed by atoms with Crippen LogP contribution in [0, 0.1) is 0 Å². The van der Waals surface area contributed by atoms with Gasteiger partial charge in [-0.2, -0.15) is 0 Å². The molecule has 160 valence electrons. The number of carbonyl (C=O) groups is 1. The molecule has 30 heavy (non-hydrogen) atoms. The Balaban J connectivity index is 1.68. The fourth-order valence-corrected chi connectivity index (χ4v) is 3.43. The molecule has 1 heterocycles. The number of guanidine groups is 1. The van der Waals surface area contributed by atoms with Crippen LogP contribution in [0.5, 0.6) is 0 Å². The van der Waals surface area contributed by atoms with Gasteiger partial charge in [0.05, 0.1) is 5.56 Å². The third kappa shape index (κ3) is 6.11. The van der Waals surface area contributed by atoms with Crippen LogP contribution in [0.25, 0.3) is 0 Å². The molecule has 0 spiro atoms. The van der Waals surface area contributed by atoms with E-state index in [9.17, 15) is 9.90 Å². The maximum atomic E-state index is 11.3. The minimum absolute atomic E-state index is 0.242. The summed E-state index contributed by atoms with van der Waals surface area (Å²) in [4.78, 5) is 20.5. The number of aliphatic imine (C=N–C) groups is 1. The summed E-state index contributed by atoms with van der Waals surface area (Å²) in [5.74, 6) is -0.196. The van der Waals surface area contributed by atoms with Gasteiger partial charge in [-0.1, -0.05) is 17.7 Å². The number of rotatable bonds is 7. The molecule has 1 saturated heterocycles. The number of carboxylic acid groups (broad SMARTS) is 1. The topological polar surface area (TPSA) is 77.4 Å². The highest BCUT2D eigenvalue weighted by Crippen LogP contribution is 2.20. The van der Waals surface area contributed by atoms with Gasteiger partial charge in [0, 0.05) is 62.8 Å². The van der Waals surface area contributed by atoms with Gasteiger partial charge in [0.2, 0.25) is 0 Å². The molecule has 0 aromatic heterocycles. The van der Waals surface area contributed by atoms with E-state index in [4.69, 9.17) is 21.3 Å². The number of methoxy groups -OCH3 is 1. The average molecular weight is 431 g/mol. The zero-order valence-corrected chi connectivity index (χ0v) is 17.8. The van der Waals surface area contributed by atoms with Crippen LogP contribution in [0.1, 0.15) is 16.8 Å². The Morgan fingerprint density at radius 3 is 2.57 bits per heavy atom. The zero-order chi connectivity index (χ0) is 21.3. The number of nitrogens with zero attached hydrogens (tertiary/aromatic N) is 3. The summed E-state index contributed by atoms with van der Waals surface area (Å²) in [6, 6.07) is 14.7. The van der Waals surface area contributed by atoms with E-state index in [0.717, 1.165) is 49.3 Å². The summed E-state index contributed by atoms with van der Waals surface area (Å²) >= 11 is 6.00. The molecule has 0 aliphatic carbocycles. The molecule has 8 heteroatoms. The SMILES string of the molecule is COCCCN=C(Nc1cccc(C(=O)O)c1)N1CCN(c2ccc(Cl)cc2)CC1. The average Bonchev–Trinajstić information content (AvgIpc) is 2.77. The Labute approximate surface area is 181 Å². The second kappa shape index (κ2) is 10.8. The first-order valence-electron chi connectivity index (χ1n) is 9.96. The molecular formula is C22H27ClN4O3. The molecule has 0 unspecified atom stereocenters. The van der Waals surface area contributed by atoms with Crippen molar-refractivity contribution in [2.75, 3.05) is 56.7 Å². The largest absolute Gasteiger partial charge is 0.478 e. The first kappa shape index (κ1) is 21.9. The third-order valence-electron chi connectivity index (χ3n) is 4.90. The monoisotopic (exact) mass is 430 g/mol. The number of halogens is 1. The summed E-state index contributed by atoms with van der Waals surface area (Å²) in [5, 5.41) is 13.3. The van der Waals surface area contributed by atoms with Crippen molar-refractivity contribution in [2.45, 2.75) is 6.42 Å². The molecule has 3 rings (SSSR count). The van der Waals surface area contributed by atoms with E-state index < -0.39 is 5.97 Å². The summed E-state index contributed by atoms with van der Waals surface area (Å²) in [6.45, 7) is 4.60. The lowest BCUT2D eigenvalue weighted by molar-refractivity contribution is 0.0697. The van der Waals surface area contributed by atoms with Crippen LogP contribution in [-0.4, -0.2) is 68.4 Å². The van der Waals surface area contributed by atoms with Gasteiger partial charge in [0.1, 0.15) is 0 Å². The first-order valence-corrected chi connectivity index (χ1v) is 10.3. The minimum atomic E-state index is -0.950. The number of benzene rings is 2. The van der Waals surface area contributed by atoms with E-state index >= 15 is 0 Å². The van der Waals surface area contributed by atoms with E-state index in [1.54, 1.807) is 25.3 Å². The van der Waals surface area contributed by atoms with Gasteiger partial charge in [-0.05, 0) is 48.9 Å².